The highest BCUT2D eigenvalue weighted by Gasteiger charge is 2.18. The highest BCUT2D eigenvalue weighted by Crippen LogP contribution is 2.29. The first-order valence-electron chi connectivity index (χ1n) is 7.59. The summed E-state index contributed by atoms with van der Waals surface area (Å²) in [5.41, 5.74) is 4.49. The molecule has 0 unspecified atom stereocenters. The van der Waals surface area contributed by atoms with E-state index in [0.717, 1.165) is 16.0 Å². The van der Waals surface area contributed by atoms with Gasteiger partial charge in [-0.2, -0.15) is 0 Å². The molecule has 2 nitrogen and oxygen atoms in total. The van der Waals surface area contributed by atoms with Gasteiger partial charge in [-0.1, -0.05) is 54.6 Å². The Hall–Kier alpha value is -2.39. The molecule has 0 saturated carbocycles. The number of aryl methyl sites for hydroxylation is 1. The van der Waals surface area contributed by atoms with Crippen LogP contribution in [0.4, 0.5) is 0 Å². The van der Waals surface area contributed by atoms with Gasteiger partial charge in [-0.15, -0.1) is 11.3 Å². The van der Waals surface area contributed by atoms with Crippen molar-refractivity contribution in [2.24, 2.45) is 0 Å². The second-order valence-electron chi connectivity index (χ2n) is 5.62. The molecule has 116 valence electrons. The minimum Gasteiger partial charge on any atom is -0.337 e. The maximum Gasteiger partial charge on any atom is 0.264 e. The average molecular weight is 321 g/mol. The monoisotopic (exact) mass is 321 g/mol. The first-order chi connectivity index (χ1) is 11.2. The maximum absolute atomic E-state index is 12.9. The van der Waals surface area contributed by atoms with E-state index in [0.29, 0.717) is 6.54 Å². The van der Waals surface area contributed by atoms with E-state index in [2.05, 4.69) is 19.1 Å². The molecule has 0 fully saturated rings. The van der Waals surface area contributed by atoms with Crippen molar-refractivity contribution in [2.45, 2.75) is 13.5 Å². The summed E-state index contributed by atoms with van der Waals surface area (Å²) in [6.07, 6.45) is 0. The number of amides is 1. The van der Waals surface area contributed by atoms with E-state index in [9.17, 15) is 4.79 Å². The quantitative estimate of drug-likeness (QED) is 0.662. The van der Waals surface area contributed by atoms with E-state index in [4.69, 9.17) is 0 Å². The fourth-order valence-electron chi connectivity index (χ4n) is 2.61. The highest BCUT2D eigenvalue weighted by atomic mass is 32.1. The summed E-state index contributed by atoms with van der Waals surface area (Å²) in [6.45, 7) is 2.70. The molecule has 0 aliphatic heterocycles. The van der Waals surface area contributed by atoms with Crippen LogP contribution in [0.15, 0.2) is 66.0 Å². The third-order valence-electron chi connectivity index (χ3n) is 3.96. The van der Waals surface area contributed by atoms with Crippen molar-refractivity contribution in [1.82, 2.24) is 4.90 Å². The van der Waals surface area contributed by atoms with Crippen LogP contribution < -0.4 is 0 Å². The van der Waals surface area contributed by atoms with E-state index in [1.165, 1.54) is 22.5 Å². The summed E-state index contributed by atoms with van der Waals surface area (Å²) in [5.74, 6) is 0.0714. The van der Waals surface area contributed by atoms with Crippen LogP contribution >= 0.6 is 11.3 Å². The van der Waals surface area contributed by atoms with Crippen molar-refractivity contribution in [3.8, 4) is 11.1 Å². The first-order valence-corrected chi connectivity index (χ1v) is 8.47. The number of thiophene rings is 1. The van der Waals surface area contributed by atoms with Gasteiger partial charge in [0.15, 0.2) is 0 Å². The number of hydrogen-bond acceptors (Lipinski definition) is 2. The van der Waals surface area contributed by atoms with Crippen LogP contribution in [0.5, 0.6) is 0 Å². The molecule has 23 heavy (non-hydrogen) atoms. The molecule has 2 aromatic carbocycles. The molecule has 1 heterocycles. The standard InChI is InChI=1S/C20H19NOS/c1-15-8-6-7-11-17(15)14-21(2)20(22)19-18(12-13-23-19)16-9-4-3-5-10-16/h3-13H,14H2,1-2H3. The predicted molar refractivity (Wildman–Crippen MR) is 96.7 cm³/mol. The van der Waals surface area contributed by atoms with Gasteiger partial charge in [-0.05, 0) is 35.1 Å². The summed E-state index contributed by atoms with van der Waals surface area (Å²) in [4.78, 5) is 15.4. The summed E-state index contributed by atoms with van der Waals surface area (Å²) < 4.78 is 0. The second-order valence-corrected chi connectivity index (χ2v) is 6.53. The average Bonchev–Trinajstić information content (AvgIpc) is 3.06. The number of nitrogens with zero attached hydrogens (tertiary/aromatic N) is 1. The van der Waals surface area contributed by atoms with Crippen molar-refractivity contribution < 1.29 is 4.79 Å². The molecular weight excluding hydrogens is 302 g/mol. The zero-order valence-electron chi connectivity index (χ0n) is 13.3. The summed E-state index contributed by atoms with van der Waals surface area (Å²) >= 11 is 1.50. The molecule has 0 N–H and O–H groups in total. The Morgan fingerprint density at radius 2 is 1.70 bits per heavy atom. The molecule has 0 atom stereocenters. The van der Waals surface area contributed by atoms with Crippen LogP contribution in [0.3, 0.4) is 0 Å². The predicted octanol–water partition coefficient (Wildman–Crippen LogP) is 5.00. The smallest absolute Gasteiger partial charge is 0.264 e. The molecule has 0 aliphatic rings. The SMILES string of the molecule is Cc1ccccc1CN(C)C(=O)c1sccc1-c1ccccc1. The van der Waals surface area contributed by atoms with Crippen molar-refractivity contribution in [1.29, 1.82) is 0 Å². The van der Waals surface area contributed by atoms with Gasteiger partial charge in [0.1, 0.15) is 0 Å². The molecule has 0 radical (unpaired) electrons. The molecule has 0 aliphatic carbocycles. The van der Waals surface area contributed by atoms with Gasteiger partial charge in [0.05, 0.1) is 4.88 Å². The molecular formula is C20H19NOS. The lowest BCUT2D eigenvalue weighted by atomic mass is 10.1. The van der Waals surface area contributed by atoms with E-state index in [1.807, 2.05) is 61.0 Å². The normalized spacial score (nSPS) is 10.5. The Morgan fingerprint density at radius 3 is 2.43 bits per heavy atom. The van der Waals surface area contributed by atoms with Crippen molar-refractivity contribution >= 4 is 17.2 Å². The van der Waals surface area contributed by atoms with Gasteiger partial charge in [0, 0.05) is 19.2 Å². The van der Waals surface area contributed by atoms with Crippen LogP contribution in [0.2, 0.25) is 0 Å². The van der Waals surface area contributed by atoms with Crippen molar-refractivity contribution in [2.75, 3.05) is 7.05 Å². The molecule has 0 spiro atoms. The molecule has 0 bridgehead atoms. The largest absolute Gasteiger partial charge is 0.337 e. The lowest BCUT2D eigenvalue weighted by molar-refractivity contribution is 0.0790. The minimum absolute atomic E-state index is 0.0714. The van der Waals surface area contributed by atoms with Gasteiger partial charge < -0.3 is 4.90 Å². The molecule has 1 amide bonds. The number of carbonyl (C=O) groups excluding carboxylic acids is 1. The lowest BCUT2D eigenvalue weighted by Crippen LogP contribution is -2.26. The Kier molecular flexibility index (Phi) is 4.58. The fraction of sp³-hybridized carbons (Fsp3) is 0.150. The second kappa shape index (κ2) is 6.80. The molecule has 3 rings (SSSR count). The molecule has 0 saturated heterocycles. The Bertz CT molecular complexity index is 807. The van der Waals surface area contributed by atoms with Gasteiger partial charge in [0.25, 0.3) is 5.91 Å². The fourth-order valence-corrected chi connectivity index (χ4v) is 3.52. The van der Waals surface area contributed by atoms with E-state index in [1.54, 1.807) is 4.90 Å². The molecule has 3 aromatic rings. The Balaban J connectivity index is 1.84. The first kappa shape index (κ1) is 15.5. The van der Waals surface area contributed by atoms with Crippen LogP contribution in [0.25, 0.3) is 11.1 Å². The van der Waals surface area contributed by atoms with Gasteiger partial charge in [-0.3, -0.25) is 4.79 Å². The topological polar surface area (TPSA) is 20.3 Å². The number of rotatable bonds is 4. The van der Waals surface area contributed by atoms with Gasteiger partial charge in [0.2, 0.25) is 0 Å². The van der Waals surface area contributed by atoms with Gasteiger partial charge >= 0.3 is 0 Å². The minimum atomic E-state index is 0.0714. The van der Waals surface area contributed by atoms with Crippen LogP contribution in [0.1, 0.15) is 20.8 Å². The van der Waals surface area contributed by atoms with E-state index in [-0.39, 0.29) is 5.91 Å². The zero-order valence-corrected chi connectivity index (χ0v) is 14.1. The number of carbonyl (C=O) groups is 1. The van der Waals surface area contributed by atoms with Crippen LogP contribution in [-0.2, 0) is 6.54 Å². The summed E-state index contributed by atoms with van der Waals surface area (Å²) in [5, 5.41) is 1.98. The van der Waals surface area contributed by atoms with E-state index < -0.39 is 0 Å². The number of benzene rings is 2. The van der Waals surface area contributed by atoms with Crippen molar-refractivity contribution in [3.05, 3.63) is 82.0 Å². The maximum atomic E-state index is 12.9. The zero-order chi connectivity index (χ0) is 16.2. The van der Waals surface area contributed by atoms with Crippen molar-refractivity contribution in [3.63, 3.8) is 0 Å². The highest BCUT2D eigenvalue weighted by molar-refractivity contribution is 7.12. The Labute approximate surface area is 141 Å². The summed E-state index contributed by atoms with van der Waals surface area (Å²) in [7, 11) is 1.86. The third kappa shape index (κ3) is 3.35. The molecule has 1 aromatic heterocycles. The van der Waals surface area contributed by atoms with Gasteiger partial charge in [-0.25, -0.2) is 0 Å². The van der Waals surface area contributed by atoms with Crippen LogP contribution in [0, 0.1) is 6.92 Å². The molecule has 3 heteroatoms. The Morgan fingerprint density at radius 1 is 1.00 bits per heavy atom. The number of hydrogen-bond donors (Lipinski definition) is 0. The lowest BCUT2D eigenvalue weighted by Gasteiger charge is -2.18. The summed E-state index contributed by atoms with van der Waals surface area (Å²) in [6, 6.07) is 20.3. The third-order valence-corrected chi connectivity index (χ3v) is 4.86. The van der Waals surface area contributed by atoms with E-state index >= 15 is 0 Å². The van der Waals surface area contributed by atoms with Crippen LogP contribution in [-0.4, -0.2) is 17.9 Å².